The maximum absolute atomic E-state index is 12.0. The van der Waals surface area contributed by atoms with E-state index in [2.05, 4.69) is 0 Å². The van der Waals surface area contributed by atoms with Crippen LogP contribution in [0.5, 0.6) is 0 Å². The molecule has 1 amide bonds. The molecule has 1 aliphatic rings. The number of Topliss-reactive ketones (excluding diaryl/α,β-unsaturated/α-hetero) is 1. The number of benzene rings is 1. The minimum absolute atomic E-state index is 0.187. The summed E-state index contributed by atoms with van der Waals surface area (Å²) in [6.45, 7) is 3.49. The van der Waals surface area contributed by atoms with E-state index in [1.54, 1.807) is 0 Å². The summed E-state index contributed by atoms with van der Waals surface area (Å²) in [5.74, 6) is -1.50. The Labute approximate surface area is 99.9 Å². The third-order valence-electron chi connectivity index (χ3n) is 3.07. The molecule has 0 aliphatic carbocycles. The Balaban J connectivity index is 2.27. The van der Waals surface area contributed by atoms with Crippen molar-refractivity contribution in [2.24, 2.45) is 5.92 Å². The van der Waals surface area contributed by atoms with Crippen molar-refractivity contribution in [1.29, 1.82) is 0 Å². The minimum atomic E-state index is -0.906. The van der Waals surface area contributed by atoms with Gasteiger partial charge in [-0.1, -0.05) is 17.7 Å². The van der Waals surface area contributed by atoms with Gasteiger partial charge in [-0.25, -0.2) is 0 Å². The maximum atomic E-state index is 12.0. The van der Waals surface area contributed by atoms with Gasteiger partial charge in [0, 0.05) is 5.69 Å². The largest absolute Gasteiger partial charge is 0.390 e. The van der Waals surface area contributed by atoms with Crippen molar-refractivity contribution < 1.29 is 14.7 Å². The summed E-state index contributed by atoms with van der Waals surface area (Å²) in [7, 11) is 0. The highest BCUT2D eigenvalue weighted by Crippen LogP contribution is 2.26. The smallest absolute Gasteiger partial charge is 0.240 e. The zero-order chi connectivity index (χ0) is 12.6. The van der Waals surface area contributed by atoms with E-state index in [0.29, 0.717) is 0 Å². The lowest BCUT2D eigenvalue weighted by atomic mass is 10.0. The molecule has 1 aromatic carbocycles. The zero-order valence-electron chi connectivity index (χ0n) is 9.88. The standard InChI is InChI=1S/C13H15NO3/c1-8-3-5-10(6-4-8)14-7-11(16)12(9(2)15)13(14)17/h3-6,11-12,16H,7H2,1-2H3. The first-order valence-electron chi connectivity index (χ1n) is 5.57. The van der Waals surface area contributed by atoms with Gasteiger partial charge in [-0.2, -0.15) is 0 Å². The normalized spacial score (nSPS) is 24.2. The van der Waals surface area contributed by atoms with E-state index in [4.69, 9.17) is 0 Å². The van der Waals surface area contributed by atoms with Gasteiger partial charge < -0.3 is 10.0 Å². The highest BCUT2D eigenvalue weighted by molar-refractivity contribution is 6.10. The highest BCUT2D eigenvalue weighted by atomic mass is 16.3. The minimum Gasteiger partial charge on any atom is -0.390 e. The summed E-state index contributed by atoms with van der Waals surface area (Å²) in [4.78, 5) is 24.7. The molecule has 1 saturated heterocycles. The van der Waals surface area contributed by atoms with Crippen molar-refractivity contribution in [3.8, 4) is 0 Å². The zero-order valence-corrected chi connectivity index (χ0v) is 9.88. The molecule has 0 saturated carbocycles. The lowest BCUT2D eigenvalue weighted by Crippen LogP contribution is -2.30. The van der Waals surface area contributed by atoms with Gasteiger partial charge in [0.15, 0.2) is 0 Å². The maximum Gasteiger partial charge on any atom is 0.240 e. The van der Waals surface area contributed by atoms with E-state index in [1.807, 2.05) is 31.2 Å². The molecular formula is C13H15NO3. The number of hydrogen-bond acceptors (Lipinski definition) is 3. The second-order valence-electron chi connectivity index (χ2n) is 4.44. The highest BCUT2D eigenvalue weighted by Gasteiger charge is 2.42. The summed E-state index contributed by atoms with van der Waals surface area (Å²) in [5, 5.41) is 9.73. The fourth-order valence-electron chi connectivity index (χ4n) is 2.12. The Morgan fingerprint density at radius 2 is 1.94 bits per heavy atom. The Kier molecular flexibility index (Phi) is 2.98. The van der Waals surface area contributed by atoms with E-state index in [1.165, 1.54) is 11.8 Å². The molecule has 2 unspecified atom stereocenters. The van der Waals surface area contributed by atoms with Crippen LogP contribution in [0.1, 0.15) is 12.5 Å². The molecule has 2 atom stereocenters. The van der Waals surface area contributed by atoms with E-state index in [0.717, 1.165) is 11.3 Å². The molecular weight excluding hydrogens is 218 g/mol. The van der Waals surface area contributed by atoms with Crippen molar-refractivity contribution in [2.75, 3.05) is 11.4 Å². The van der Waals surface area contributed by atoms with E-state index >= 15 is 0 Å². The summed E-state index contributed by atoms with van der Waals surface area (Å²) in [5.41, 5.74) is 1.83. The Hall–Kier alpha value is -1.68. The number of carbonyl (C=O) groups excluding carboxylic acids is 2. The molecule has 0 radical (unpaired) electrons. The molecule has 2 rings (SSSR count). The Bertz CT molecular complexity index is 452. The van der Waals surface area contributed by atoms with Crippen LogP contribution in [0.25, 0.3) is 0 Å². The number of rotatable bonds is 2. The molecule has 0 bridgehead atoms. The second kappa shape index (κ2) is 4.30. The number of carbonyl (C=O) groups is 2. The van der Waals surface area contributed by atoms with Gasteiger partial charge in [0.1, 0.15) is 11.7 Å². The van der Waals surface area contributed by atoms with Gasteiger partial charge in [-0.3, -0.25) is 9.59 Å². The first-order valence-corrected chi connectivity index (χ1v) is 5.57. The number of aryl methyl sites for hydroxylation is 1. The topological polar surface area (TPSA) is 57.6 Å². The van der Waals surface area contributed by atoms with Gasteiger partial charge in [0.2, 0.25) is 5.91 Å². The number of hydrogen-bond donors (Lipinski definition) is 1. The SMILES string of the molecule is CC(=O)C1C(=O)N(c2ccc(C)cc2)CC1O. The molecule has 1 heterocycles. The quantitative estimate of drug-likeness (QED) is 0.772. The van der Waals surface area contributed by atoms with Crippen molar-refractivity contribution in [3.63, 3.8) is 0 Å². The monoisotopic (exact) mass is 233 g/mol. The van der Waals surface area contributed by atoms with Crippen LogP contribution < -0.4 is 4.90 Å². The molecule has 1 aromatic rings. The fraction of sp³-hybridized carbons (Fsp3) is 0.385. The number of nitrogens with zero attached hydrogens (tertiary/aromatic N) is 1. The molecule has 4 heteroatoms. The van der Waals surface area contributed by atoms with E-state index in [-0.39, 0.29) is 18.2 Å². The van der Waals surface area contributed by atoms with Crippen molar-refractivity contribution in [3.05, 3.63) is 29.8 Å². The van der Waals surface area contributed by atoms with Gasteiger partial charge in [-0.15, -0.1) is 0 Å². The number of aliphatic hydroxyl groups excluding tert-OH is 1. The Morgan fingerprint density at radius 1 is 1.35 bits per heavy atom. The number of ketones is 1. The van der Waals surface area contributed by atoms with Crippen molar-refractivity contribution in [2.45, 2.75) is 20.0 Å². The van der Waals surface area contributed by atoms with Crippen molar-refractivity contribution >= 4 is 17.4 Å². The molecule has 90 valence electrons. The van der Waals surface area contributed by atoms with Crippen LogP contribution in [-0.2, 0) is 9.59 Å². The molecule has 1 N–H and O–H groups in total. The van der Waals surface area contributed by atoms with Crippen LogP contribution in [0.2, 0.25) is 0 Å². The lowest BCUT2D eigenvalue weighted by Gasteiger charge is -2.16. The molecule has 0 aromatic heterocycles. The third kappa shape index (κ3) is 2.08. The first kappa shape index (κ1) is 11.8. The van der Waals surface area contributed by atoms with Crippen molar-refractivity contribution in [1.82, 2.24) is 0 Å². The summed E-state index contributed by atoms with van der Waals surface area (Å²) < 4.78 is 0. The summed E-state index contributed by atoms with van der Waals surface area (Å²) in [6.07, 6.45) is -0.902. The first-order chi connectivity index (χ1) is 8.00. The van der Waals surface area contributed by atoms with Crippen LogP contribution in [0.4, 0.5) is 5.69 Å². The Morgan fingerprint density at radius 3 is 2.41 bits per heavy atom. The molecule has 0 spiro atoms. The van der Waals surface area contributed by atoms with E-state index in [9.17, 15) is 14.7 Å². The van der Waals surface area contributed by atoms with Gasteiger partial charge in [-0.05, 0) is 26.0 Å². The van der Waals surface area contributed by atoms with Crippen LogP contribution in [0.15, 0.2) is 24.3 Å². The van der Waals surface area contributed by atoms with Crippen LogP contribution in [-0.4, -0.2) is 29.4 Å². The predicted molar refractivity (Wildman–Crippen MR) is 63.7 cm³/mol. The van der Waals surface area contributed by atoms with Crippen LogP contribution in [0.3, 0.4) is 0 Å². The molecule has 1 aliphatic heterocycles. The second-order valence-corrected chi connectivity index (χ2v) is 4.44. The third-order valence-corrected chi connectivity index (χ3v) is 3.07. The fourth-order valence-corrected chi connectivity index (χ4v) is 2.12. The average Bonchev–Trinajstić information content (AvgIpc) is 2.55. The number of β-amino-alcohol motifs (C(OH)–C–C–N with tert-alkyl or cyclic N) is 1. The number of amides is 1. The van der Waals surface area contributed by atoms with Gasteiger partial charge in [0.25, 0.3) is 0 Å². The average molecular weight is 233 g/mol. The molecule has 4 nitrogen and oxygen atoms in total. The van der Waals surface area contributed by atoms with E-state index < -0.39 is 12.0 Å². The predicted octanol–water partition coefficient (Wildman–Crippen LogP) is 0.908. The van der Waals surface area contributed by atoms with Crippen LogP contribution >= 0.6 is 0 Å². The van der Waals surface area contributed by atoms with Crippen LogP contribution in [0, 0.1) is 12.8 Å². The molecule has 17 heavy (non-hydrogen) atoms. The van der Waals surface area contributed by atoms with Gasteiger partial charge in [0.05, 0.1) is 12.6 Å². The summed E-state index contributed by atoms with van der Waals surface area (Å²) >= 11 is 0. The summed E-state index contributed by atoms with van der Waals surface area (Å²) in [6, 6.07) is 7.44. The number of aliphatic hydroxyl groups is 1. The molecule has 1 fully saturated rings. The number of anilines is 1. The lowest BCUT2D eigenvalue weighted by molar-refractivity contribution is -0.132. The van der Waals surface area contributed by atoms with Gasteiger partial charge >= 0.3 is 0 Å².